The number of para-hydroxylation sites is 1. The van der Waals surface area contributed by atoms with Crippen molar-refractivity contribution in [3.8, 4) is 11.1 Å². The van der Waals surface area contributed by atoms with Crippen LogP contribution >= 0.6 is 11.6 Å². The van der Waals surface area contributed by atoms with Gasteiger partial charge in [-0.1, -0.05) is 35.9 Å². The van der Waals surface area contributed by atoms with Gasteiger partial charge in [0.15, 0.2) is 0 Å². The van der Waals surface area contributed by atoms with Gasteiger partial charge in [-0.2, -0.15) is 4.31 Å². The highest BCUT2D eigenvalue weighted by atomic mass is 35.5. The topological polar surface area (TPSA) is 77.9 Å². The second kappa shape index (κ2) is 8.37. The Morgan fingerprint density at radius 3 is 2.44 bits per heavy atom. The number of rotatable bonds is 4. The Kier molecular flexibility index (Phi) is 5.62. The van der Waals surface area contributed by atoms with E-state index in [1.54, 1.807) is 13.1 Å². The number of sulfonamides is 1. The van der Waals surface area contributed by atoms with Crippen LogP contribution in [0.25, 0.3) is 11.1 Å². The van der Waals surface area contributed by atoms with E-state index in [2.05, 4.69) is 0 Å². The number of nitrogens with zero attached hydrogens (tertiary/aromatic N) is 2. The molecule has 0 bridgehead atoms. The lowest BCUT2D eigenvalue weighted by Crippen LogP contribution is -2.42. The molecular formula is C25H22ClFN2O4S. The van der Waals surface area contributed by atoms with Crippen molar-refractivity contribution < 1.29 is 22.7 Å². The molecular weight excluding hydrogens is 479 g/mol. The lowest BCUT2D eigenvalue weighted by atomic mass is 10.0. The Morgan fingerprint density at radius 1 is 1.09 bits per heavy atom. The van der Waals surface area contributed by atoms with Gasteiger partial charge in [0.1, 0.15) is 10.7 Å². The molecule has 3 aromatic carbocycles. The van der Waals surface area contributed by atoms with Gasteiger partial charge in [-0.05, 0) is 60.7 Å². The molecule has 0 amide bonds. The van der Waals surface area contributed by atoms with Crippen LogP contribution < -0.4 is 4.90 Å². The van der Waals surface area contributed by atoms with E-state index in [-0.39, 0.29) is 21.9 Å². The molecule has 3 aromatic rings. The second-order valence-corrected chi connectivity index (χ2v) is 11.0. The third-order valence-corrected chi connectivity index (χ3v) is 8.80. The third kappa shape index (κ3) is 3.85. The van der Waals surface area contributed by atoms with Gasteiger partial charge in [-0.15, -0.1) is 0 Å². The zero-order valence-corrected chi connectivity index (χ0v) is 19.9. The number of hydrogen-bond acceptors (Lipinski definition) is 4. The second-order valence-electron chi connectivity index (χ2n) is 8.67. The lowest BCUT2D eigenvalue weighted by molar-refractivity contribution is 0.0692. The number of likely N-dealkylation sites (N-methyl/N-ethyl adjacent to an activating group) is 1. The van der Waals surface area contributed by atoms with Crippen LogP contribution in [0.15, 0.2) is 65.6 Å². The predicted molar refractivity (Wildman–Crippen MR) is 129 cm³/mol. The predicted octanol–water partition coefficient (Wildman–Crippen LogP) is 5.40. The summed E-state index contributed by atoms with van der Waals surface area (Å²) in [5.74, 6) is -2.01. The minimum atomic E-state index is -3.89. The number of benzene rings is 3. The smallest absolute Gasteiger partial charge is 0.338 e. The van der Waals surface area contributed by atoms with Crippen molar-refractivity contribution in [3.05, 3.63) is 77.1 Å². The Bertz CT molecular complexity index is 1390. The summed E-state index contributed by atoms with van der Waals surface area (Å²) in [6.07, 6.45) is 1.95. The first-order chi connectivity index (χ1) is 16.2. The molecule has 1 unspecified atom stereocenters. The fraction of sp³-hybridized carbons (Fsp3) is 0.240. The Hall–Kier alpha value is -2.94. The molecule has 1 atom stereocenters. The largest absolute Gasteiger partial charge is 0.478 e. The van der Waals surface area contributed by atoms with Crippen molar-refractivity contribution in [3.63, 3.8) is 0 Å². The van der Waals surface area contributed by atoms with Gasteiger partial charge in [0, 0.05) is 30.9 Å². The van der Waals surface area contributed by atoms with E-state index < -0.39 is 27.4 Å². The number of halogens is 2. The van der Waals surface area contributed by atoms with Gasteiger partial charge in [0.2, 0.25) is 10.0 Å². The van der Waals surface area contributed by atoms with Gasteiger partial charge in [-0.25, -0.2) is 17.6 Å². The number of carboxylic acid groups (broad SMARTS) is 1. The summed E-state index contributed by atoms with van der Waals surface area (Å²) in [4.78, 5) is 13.5. The van der Waals surface area contributed by atoms with Crippen LogP contribution in [-0.2, 0) is 10.0 Å². The van der Waals surface area contributed by atoms with Crippen molar-refractivity contribution in [2.45, 2.75) is 23.8 Å². The van der Waals surface area contributed by atoms with Crippen LogP contribution in [0.2, 0.25) is 5.02 Å². The maximum atomic E-state index is 14.0. The van der Waals surface area contributed by atoms with Crippen molar-refractivity contribution in [1.82, 2.24) is 4.31 Å². The van der Waals surface area contributed by atoms with Crippen molar-refractivity contribution >= 4 is 39.0 Å². The fourth-order valence-electron chi connectivity index (χ4n) is 4.55. The van der Waals surface area contributed by atoms with Gasteiger partial charge in [0.05, 0.1) is 16.3 Å². The number of anilines is 2. The molecule has 1 heterocycles. The minimum absolute atomic E-state index is 0.0719. The van der Waals surface area contributed by atoms with E-state index >= 15 is 0 Å². The number of fused-ring (bicyclic) bond motifs is 1. The van der Waals surface area contributed by atoms with Crippen LogP contribution in [0.3, 0.4) is 0 Å². The van der Waals surface area contributed by atoms with Gasteiger partial charge in [0.25, 0.3) is 0 Å². The first-order valence-electron chi connectivity index (χ1n) is 10.9. The van der Waals surface area contributed by atoms with Gasteiger partial charge >= 0.3 is 5.97 Å². The Labute approximate surface area is 202 Å². The average Bonchev–Trinajstić information content (AvgIpc) is 3.65. The van der Waals surface area contributed by atoms with Crippen molar-refractivity contribution in [2.75, 3.05) is 18.5 Å². The molecule has 0 radical (unpaired) electrons. The molecule has 0 spiro atoms. The summed E-state index contributed by atoms with van der Waals surface area (Å²) in [5, 5.41) is 9.56. The fourth-order valence-corrected chi connectivity index (χ4v) is 6.42. The average molecular weight is 501 g/mol. The molecule has 0 aromatic heterocycles. The zero-order valence-electron chi connectivity index (χ0n) is 18.3. The monoisotopic (exact) mass is 500 g/mol. The summed E-state index contributed by atoms with van der Waals surface area (Å²) in [7, 11) is -2.29. The van der Waals surface area contributed by atoms with Crippen LogP contribution in [0.1, 0.15) is 23.2 Å². The molecule has 2 aliphatic rings. The molecule has 5 rings (SSSR count). The Balaban J connectivity index is 1.74. The molecule has 1 aliphatic heterocycles. The summed E-state index contributed by atoms with van der Waals surface area (Å²) in [6.45, 7) is 0.479. The summed E-state index contributed by atoms with van der Waals surface area (Å²) in [6, 6.07) is 16.0. The van der Waals surface area contributed by atoms with E-state index in [9.17, 15) is 22.7 Å². The summed E-state index contributed by atoms with van der Waals surface area (Å²) >= 11 is 6.64. The third-order valence-electron chi connectivity index (χ3n) is 6.57. The first-order valence-corrected chi connectivity index (χ1v) is 12.7. The molecule has 34 heavy (non-hydrogen) atoms. The Morgan fingerprint density at radius 2 is 1.79 bits per heavy atom. The van der Waals surface area contributed by atoms with E-state index in [1.165, 1.54) is 22.5 Å². The normalized spacial score (nSPS) is 20.0. The molecule has 176 valence electrons. The summed E-state index contributed by atoms with van der Waals surface area (Å²) < 4.78 is 43.0. The van der Waals surface area contributed by atoms with Crippen molar-refractivity contribution in [1.29, 1.82) is 0 Å². The molecule has 1 aliphatic carbocycles. The van der Waals surface area contributed by atoms with E-state index in [4.69, 9.17) is 11.6 Å². The highest BCUT2D eigenvalue weighted by Gasteiger charge is 2.44. The van der Waals surface area contributed by atoms with E-state index in [0.717, 1.165) is 24.6 Å². The maximum Gasteiger partial charge on any atom is 0.338 e. The summed E-state index contributed by atoms with van der Waals surface area (Å²) in [5.41, 5.74) is 1.42. The van der Waals surface area contributed by atoms with Gasteiger partial charge < -0.3 is 10.0 Å². The molecule has 9 heteroatoms. The zero-order chi connectivity index (χ0) is 24.2. The molecule has 1 fully saturated rings. The van der Waals surface area contributed by atoms with Crippen molar-refractivity contribution in [2.24, 2.45) is 5.92 Å². The van der Waals surface area contributed by atoms with Crippen LogP contribution in [0, 0.1) is 11.7 Å². The molecule has 0 saturated heterocycles. The number of carbonyl (C=O) groups is 1. The maximum absolute atomic E-state index is 14.0. The lowest BCUT2D eigenvalue weighted by Gasteiger charge is -2.29. The standard InChI is InChI=1S/C25H22ClFN2O4S/c1-28-23(15-7-8-15)14-29(17-5-3-2-4-6-17)22-13-20(26)18(12-24(22)34(28,32)33)16-9-10-21(27)19(11-16)25(30)31/h2-6,9-13,15,23H,7-8,14H2,1H3,(H,30,31). The highest BCUT2D eigenvalue weighted by Crippen LogP contribution is 2.46. The minimum Gasteiger partial charge on any atom is -0.478 e. The molecule has 6 nitrogen and oxygen atoms in total. The number of hydrogen-bond donors (Lipinski definition) is 1. The van der Waals surface area contributed by atoms with Crippen LogP contribution in [0.5, 0.6) is 0 Å². The van der Waals surface area contributed by atoms with Crippen LogP contribution in [0.4, 0.5) is 15.8 Å². The quantitative estimate of drug-likeness (QED) is 0.519. The number of carboxylic acids is 1. The highest BCUT2D eigenvalue weighted by molar-refractivity contribution is 7.89. The number of aromatic carboxylic acids is 1. The van der Waals surface area contributed by atoms with E-state index in [1.807, 2.05) is 35.2 Å². The molecule has 1 N–H and O–H groups in total. The first kappa shape index (κ1) is 22.8. The van der Waals surface area contributed by atoms with Crippen LogP contribution in [-0.4, -0.2) is 43.4 Å². The van der Waals surface area contributed by atoms with Gasteiger partial charge in [-0.3, -0.25) is 0 Å². The molecule has 1 saturated carbocycles. The SMILES string of the molecule is CN1C(C2CC2)CN(c2ccccc2)c2cc(Cl)c(-c3ccc(F)c(C(=O)O)c3)cc2S1(=O)=O. The van der Waals surface area contributed by atoms with E-state index in [0.29, 0.717) is 23.4 Å².